The molecule has 2 aromatic heterocycles. The summed E-state index contributed by atoms with van der Waals surface area (Å²) in [6.07, 6.45) is 2.59. The van der Waals surface area contributed by atoms with Gasteiger partial charge < -0.3 is 5.73 Å². The standard InChI is InChI=1S/C18H19N5O2/c1-11(24)23-9-12(13-4-2-3-5-16(13)23)8-22-7-6-15-14(10-22)17(25)21-18(19)20-15/h2-5,9H,6-8,10H2,1H3,(H3,19,20,21,25). The lowest BCUT2D eigenvalue weighted by molar-refractivity contribution is 0.0941. The number of anilines is 1. The Hall–Kier alpha value is -2.93. The number of hydrogen-bond donors (Lipinski definition) is 2. The summed E-state index contributed by atoms with van der Waals surface area (Å²) in [7, 11) is 0. The molecule has 0 fully saturated rings. The van der Waals surface area contributed by atoms with E-state index in [0.29, 0.717) is 25.1 Å². The van der Waals surface area contributed by atoms with E-state index >= 15 is 0 Å². The lowest BCUT2D eigenvalue weighted by atomic mass is 10.1. The van der Waals surface area contributed by atoms with Gasteiger partial charge in [-0.05, 0) is 11.6 Å². The van der Waals surface area contributed by atoms with E-state index in [1.165, 1.54) is 0 Å². The van der Waals surface area contributed by atoms with Crippen LogP contribution in [0, 0.1) is 0 Å². The summed E-state index contributed by atoms with van der Waals surface area (Å²) in [6, 6.07) is 7.87. The zero-order chi connectivity index (χ0) is 17.6. The predicted octanol–water partition coefficient (Wildman–Crippen LogP) is 1.53. The molecule has 0 saturated heterocycles. The topological polar surface area (TPSA) is 97.0 Å². The Labute approximate surface area is 144 Å². The smallest absolute Gasteiger partial charge is 0.257 e. The predicted molar refractivity (Wildman–Crippen MR) is 95.3 cm³/mol. The summed E-state index contributed by atoms with van der Waals surface area (Å²) < 4.78 is 1.68. The van der Waals surface area contributed by atoms with Gasteiger partial charge in [-0.3, -0.25) is 24.0 Å². The highest BCUT2D eigenvalue weighted by molar-refractivity contribution is 5.93. The molecule has 7 heteroatoms. The number of hydrogen-bond acceptors (Lipinski definition) is 5. The van der Waals surface area contributed by atoms with Gasteiger partial charge in [0.05, 0.1) is 16.8 Å². The van der Waals surface area contributed by atoms with Crippen molar-refractivity contribution in [1.29, 1.82) is 0 Å². The van der Waals surface area contributed by atoms with Crippen LogP contribution in [0.2, 0.25) is 0 Å². The van der Waals surface area contributed by atoms with Crippen LogP contribution in [0.4, 0.5) is 5.95 Å². The van der Waals surface area contributed by atoms with Gasteiger partial charge in [0.1, 0.15) is 0 Å². The van der Waals surface area contributed by atoms with Gasteiger partial charge in [-0.25, -0.2) is 4.98 Å². The zero-order valence-corrected chi connectivity index (χ0v) is 14.0. The minimum atomic E-state index is -0.168. The Bertz CT molecular complexity index is 1030. The summed E-state index contributed by atoms with van der Waals surface area (Å²) in [5.41, 5.74) is 8.90. The molecule has 0 amide bonds. The summed E-state index contributed by atoms with van der Waals surface area (Å²) in [5.74, 6) is 0.157. The van der Waals surface area contributed by atoms with Gasteiger partial charge >= 0.3 is 0 Å². The van der Waals surface area contributed by atoms with Crippen molar-refractivity contribution in [1.82, 2.24) is 19.4 Å². The van der Waals surface area contributed by atoms with Crippen molar-refractivity contribution in [2.45, 2.75) is 26.4 Å². The second-order valence-electron chi connectivity index (χ2n) is 6.40. The molecular weight excluding hydrogens is 318 g/mol. The van der Waals surface area contributed by atoms with Crippen molar-refractivity contribution >= 4 is 22.8 Å². The summed E-state index contributed by atoms with van der Waals surface area (Å²) in [6.45, 7) is 3.55. The maximum Gasteiger partial charge on any atom is 0.257 e. The average molecular weight is 337 g/mol. The van der Waals surface area contributed by atoms with Crippen LogP contribution in [0.3, 0.4) is 0 Å². The number of nitrogens with zero attached hydrogens (tertiary/aromatic N) is 3. The van der Waals surface area contributed by atoms with Crippen molar-refractivity contribution in [3.8, 4) is 0 Å². The fourth-order valence-corrected chi connectivity index (χ4v) is 3.51. The van der Waals surface area contributed by atoms with Gasteiger partial charge in [0.15, 0.2) is 0 Å². The highest BCUT2D eigenvalue weighted by Crippen LogP contribution is 2.24. The van der Waals surface area contributed by atoms with E-state index in [1.807, 2.05) is 30.5 Å². The molecule has 3 N–H and O–H groups in total. The molecule has 1 aromatic carbocycles. The first-order valence-corrected chi connectivity index (χ1v) is 8.22. The number of para-hydroxylation sites is 1. The first-order valence-electron chi connectivity index (χ1n) is 8.22. The van der Waals surface area contributed by atoms with Gasteiger partial charge in [-0.1, -0.05) is 18.2 Å². The Morgan fingerprint density at radius 1 is 1.36 bits per heavy atom. The van der Waals surface area contributed by atoms with E-state index in [1.54, 1.807) is 11.5 Å². The Morgan fingerprint density at radius 3 is 2.96 bits per heavy atom. The van der Waals surface area contributed by atoms with Crippen LogP contribution in [0.1, 0.15) is 28.5 Å². The number of nitrogens with two attached hydrogens (primary N) is 1. The number of aromatic amines is 1. The third kappa shape index (κ3) is 2.72. The van der Waals surface area contributed by atoms with Crippen molar-refractivity contribution in [3.63, 3.8) is 0 Å². The molecule has 0 bridgehead atoms. The Morgan fingerprint density at radius 2 is 2.16 bits per heavy atom. The molecule has 0 radical (unpaired) electrons. The molecule has 0 unspecified atom stereocenters. The lowest BCUT2D eigenvalue weighted by Crippen LogP contribution is -2.35. The second kappa shape index (κ2) is 5.86. The van der Waals surface area contributed by atoms with E-state index in [4.69, 9.17) is 5.73 Å². The van der Waals surface area contributed by atoms with E-state index in [0.717, 1.165) is 28.7 Å². The zero-order valence-electron chi connectivity index (χ0n) is 14.0. The van der Waals surface area contributed by atoms with Crippen molar-refractivity contribution in [2.24, 2.45) is 0 Å². The minimum absolute atomic E-state index is 0.0115. The van der Waals surface area contributed by atoms with Crippen LogP contribution in [-0.2, 0) is 19.5 Å². The molecule has 7 nitrogen and oxygen atoms in total. The van der Waals surface area contributed by atoms with Crippen LogP contribution in [0.25, 0.3) is 10.9 Å². The van der Waals surface area contributed by atoms with Gasteiger partial charge in [0.2, 0.25) is 11.9 Å². The molecule has 4 rings (SSSR count). The largest absolute Gasteiger partial charge is 0.369 e. The molecule has 3 heterocycles. The lowest BCUT2D eigenvalue weighted by Gasteiger charge is -2.27. The number of H-pyrrole nitrogens is 1. The molecule has 1 aliphatic heterocycles. The molecular formula is C18H19N5O2. The van der Waals surface area contributed by atoms with Gasteiger partial charge in [0.25, 0.3) is 5.56 Å². The Kier molecular flexibility index (Phi) is 3.65. The fourth-order valence-electron chi connectivity index (χ4n) is 3.51. The maximum atomic E-state index is 12.1. The number of carbonyl (C=O) groups excluding carboxylic acids is 1. The molecule has 25 heavy (non-hydrogen) atoms. The molecule has 1 aliphatic rings. The summed E-state index contributed by atoms with van der Waals surface area (Å²) in [5, 5.41) is 1.06. The van der Waals surface area contributed by atoms with Crippen molar-refractivity contribution < 1.29 is 4.79 Å². The number of rotatable bonds is 2. The highest BCUT2D eigenvalue weighted by atomic mass is 16.1. The number of nitrogens with one attached hydrogen (secondary N) is 1. The third-order valence-corrected chi connectivity index (χ3v) is 4.69. The molecule has 3 aromatic rings. The number of fused-ring (bicyclic) bond motifs is 2. The van der Waals surface area contributed by atoms with Gasteiger partial charge in [-0.15, -0.1) is 0 Å². The minimum Gasteiger partial charge on any atom is -0.369 e. The average Bonchev–Trinajstić information content (AvgIpc) is 2.94. The van der Waals surface area contributed by atoms with E-state index < -0.39 is 0 Å². The summed E-state index contributed by atoms with van der Waals surface area (Å²) in [4.78, 5) is 33.0. The van der Waals surface area contributed by atoms with Crippen LogP contribution in [-0.4, -0.2) is 31.9 Å². The van der Waals surface area contributed by atoms with Crippen LogP contribution >= 0.6 is 0 Å². The normalized spacial score (nSPS) is 14.6. The first kappa shape index (κ1) is 15.6. The Balaban J connectivity index is 1.67. The van der Waals surface area contributed by atoms with Gasteiger partial charge in [0, 0.05) is 44.6 Å². The maximum absolute atomic E-state index is 12.1. The van der Waals surface area contributed by atoms with E-state index in [2.05, 4.69) is 14.9 Å². The SMILES string of the molecule is CC(=O)n1cc(CN2CCc3nc(N)[nH]c(=O)c3C2)c2ccccc21. The van der Waals surface area contributed by atoms with Gasteiger partial charge in [-0.2, -0.15) is 0 Å². The van der Waals surface area contributed by atoms with E-state index in [9.17, 15) is 9.59 Å². The number of nitrogen functional groups attached to an aromatic ring is 1. The van der Waals surface area contributed by atoms with Crippen LogP contribution in [0.15, 0.2) is 35.3 Å². The second-order valence-corrected chi connectivity index (χ2v) is 6.40. The third-order valence-electron chi connectivity index (χ3n) is 4.69. The number of benzene rings is 1. The van der Waals surface area contributed by atoms with Crippen LogP contribution < -0.4 is 11.3 Å². The molecule has 128 valence electrons. The quantitative estimate of drug-likeness (QED) is 0.739. The molecule has 0 spiro atoms. The molecule has 0 aliphatic carbocycles. The number of carbonyl (C=O) groups is 1. The van der Waals surface area contributed by atoms with Crippen molar-refractivity contribution in [2.75, 3.05) is 12.3 Å². The van der Waals surface area contributed by atoms with Crippen molar-refractivity contribution in [3.05, 3.63) is 57.6 Å². The van der Waals surface area contributed by atoms with E-state index in [-0.39, 0.29) is 17.4 Å². The molecule has 0 atom stereocenters. The molecule has 0 saturated carbocycles. The monoisotopic (exact) mass is 337 g/mol. The summed E-state index contributed by atoms with van der Waals surface area (Å²) >= 11 is 0. The highest BCUT2D eigenvalue weighted by Gasteiger charge is 2.22. The number of aromatic nitrogens is 3. The fraction of sp³-hybridized carbons (Fsp3) is 0.278. The van der Waals surface area contributed by atoms with Crippen LogP contribution in [0.5, 0.6) is 0 Å². The first-order chi connectivity index (χ1) is 12.0.